The predicted octanol–water partition coefficient (Wildman–Crippen LogP) is 1.55. The van der Waals surface area contributed by atoms with Crippen LogP contribution in [0.25, 0.3) is 0 Å². The highest BCUT2D eigenvalue weighted by molar-refractivity contribution is 5.14. The Balaban J connectivity index is 2.74. The smallest absolute Gasteiger partial charge is 0.130 e. The van der Waals surface area contributed by atoms with Crippen molar-refractivity contribution in [3.63, 3.8) is 0 Å². The van der Waals surface area contributed by atoms with Gasteiger partial charge in [0, 0.05) is 0 Å². The zero-order valence-electron chi connectivity index (χ0n) is 7.70. The second-order valence-electron chi connectivity index (χ2n) is 3.24. The summed E-state index contributed by atoms with van der Waals surface area (Å²) in [4.78, 5) is 0. The quantitative estimate of drug-likeness (QED) is 0.692. The molecule has 0 bridgehead atoms. The Bertz CT molecular complexity index is 269. The van der Waals surface area contributed by atoms with Gasteiger partial charge in [0.15, 0.2) is 0 Å². The molecule has 3 nitrogen and oxygen atoms in total. The van der Waals surface area contributed by atoms with Gasteiger partial charge in [0.2, 0.25) is 0 Å². The van der Waals surface area contributed by atoms with E-state index >= 15 is 0 Å². The maximum Gasteiger partial charge on any atom is 0.130 e. The van der Waals surface area contributed by atoms with Gasteiger partial charge < -0.3 is 5.32 Å². The van der Waals surface area contributed by atoms with E-state index in [1.54, 1.807) is 6.20 Å². The lowest BCUT2D eigenvalue weighted by Crippen LogP contribution is -2.38. The van der Waals surface area contributed by atoms with Crippen LogP contribution < -0.4 is 5.32 Å². The lowest BCUT2D eigenvalue weighted by molar-refractivity contribution is 0.377. The van der Waals surface area contributed by atoms with Crippen LogP contribution in [0.3, 0.4) is 0 Å². The Hall–Kier alpha value is -1.48. The molecule has 13 heavy (non-hydrogen) atoms. The van der Waals surface area contributed by atoms with E-state index in [4.69, 9.17) is 10.5 Å². The van der Waals surface area contributed by atoms with Crippen LogP contribution in [0, 0.1) is 34.5 Å². The van der Waals surface area contributed by atoms with Gasteiger partial charge >= 0.3 is 0 Å². The first-order valence-electron chi connectivity index (χ1n) is 4.55. The molecule has 1 N–H and O–H groups in total. The summed E-state index contributed by atoms with van der Waals surface area (Å²) in [7, 11) is 0. The fourth-order valence-electron chi connectivity index (χ4n) is 1.65. The molecule has 0 aliphatic carbocycles. The minimum absolute atomic E-state index is 0.199. The molecule has 3 unspecified atom stereocenters. The molecule has 68 valence electrons. The molecule has 0 aromatic rings. The lowest BCUT2D eigenvalue weighted by Gasteiger charge is -2.26. The van der Waals surface area contributed by atoms with Gasteiger partial charge in [-0.2, -0.15) is 10.5 Å². The molecule has 0 fully saturated rings. The summed E-state index contributed by atoms with van der Waals surface area (Å²) in [6, 6.07) is 3.97. The largest absolute Gasteiger partial charge is 0.375 e. The van der Waals surface area contributed by atoms with E-state index in [1.165, 1.54) is 0 Å². The maximum absolute atomic E-state index is 8.91. The Labute approximate surface area is 78.7 Å². The minimum atomic E-state index is -0.341. The lowest BCUT2D eigenvalue weighted by atomic mass is 9.83. The first kappa shape index (κ1) is 9.61. The molecule has 3 atom stereocenters. The van der Waals surface area contributed by atoms with Crippen LogP contribution >= 0.6 is 0 Å². The molecule has 1 rings (SSSR count). The number of nitrogens with one attached hydrogen (secondary N) is 1. The number of rotatable bonds is 2. The SMILES string of the molecule is CCCC1C=CNC(C#N)C1C#N. The van der Waals surface area contributed by atoms with Crippen LogP contribution in [0.4, 0.5) is 0 Å². The van der Waals surface area contributed by atoms with Crippen molar-refractivity contribution in [2.45, 2.75) is 25.8 Å². The molecule has 0 aromatic carbocycles. The average molecular weight is 175 g/mol. The third-order valence-corrected chi connectivity index (χ3v) is 2.35. The van der Waals surface area contributed by atoms with Gasteiger partial charge in [0.05, 0.1) is 18.1 Å². The van der Waals surface area contributed by atoms with E-state index in [9.17, 15) is 0 Å². The van der Waals surface area contributed by atoms with Crippen molar-refractivity contribution in [2.75, 3.05) is 0 Å². The molecule has 1 aliphatic heterocycles. The summed E-state index contributed by atoms with van der Waals surface area (Å²) in [5.74, 6) is 0.0378. The van der Waals surface area contributed by atoms with Crippen LogP contribution in [0.2, 0.25) is 0 Å². The molecule has 0 saturated carbocycles. The molecule has 3 heteroatoms. The molecule has 1 aliphatic rings. The second-order valence-corrected chi connectivity index (χ2v) is 3.24. The third kappa shape index (κ3) is 2.00. The summed E-state index contributed by atoms with van der Waals surface area (Å²) in [6.07, 6.45) is 5.81. The fraction of sp³-hybridized carbons (Fsp3) is 0.600. The van der Waals surface area contributed by atoms with Gasteiger partial charge in [-0.3, -0.25) is 0 Å². The Morgan fingerprint density at radius 2 is 2.15 bits per heavy atom. The normalized spacial score (nSPS) is 31.5. The van der Waals surface area contributed by atoms with E-state index < -0.39 is 0 Å². The summed E-state index contributed by atoms with van der Waals surface area (Å²) >= 11 is 0. The minimum Gasteiger partial charge on any atom is -0.375 e. The van der Waals surface area contributed by atoms with Gasteiger partial charge in [-0.1, -0.05) is 19.4 Å². The van der Waals surface area contributed by atoms with Gasteiger partial charge in [0.25, 0.3) is 0 Å². The van der Waals surface area contributed by atoms with Crippen LogP contribution in [0.15, 0.2) is 12.3 Å². The highest BCUT2D eigenvalue weighted by atomic mass is 14.9. The van der Waals surface area contributed by atoms with Crippen molar-refractivity contribution in [2.24, 2.45) is 11.8 Å². The standard InChI is InChI=1S/C10H13N3/c1-2-3-8-4-5-13-10(7-12)9(8)6-11/h4-5,8-10,13H,2-3H2,1H3. The van der Waals surface area contributed by atoms with Crippen LogP contribution in [0.1, 0.15) is 19.8 Å². The van der Waals surface area contributed by atoms with Crippen molar-refractivity contribution in [3.05, 3.63) is 12.3 Å². The molecule has 0 saturated heterocycles. The van der Waals surface area contributed by atoms with Crippen molar-refractivity contribution < 1.29 is 0 Å². The van der Waals surface area contributed by atoms with E-state index in [-0.39, 0.29) is 17.9 Å². The summed E-state index contributed by atoms with van der Waals surface area (Å²) in [5, 5.41) is 20.6. The van der Waals surface area contributed by atoms with Crippen LogP contribution in [-0.4, -0.2) is 6.04 Å². The van der Waals surface area contributed by atoms with E-state index in [0.717, 1.165) is 12.8 Å². The van der Waals surface area contributed by atoms with Gasteiger partial charge in [-0.15, -0.1) is 0 Å². The first-order valence-corrected chi connectivity index (χ1v) is 4.55. The Morgan fingerprint density at radius 3 is 2.69 bits per heavy atom. The van der Waals surface area contributed by atoms with Crippen molar-refractivity contribution in [1.29, 1.82) is 10.5 Å². The summed E-state index contributed by atoms with van der Waals surface area (Å²) in [6.45, 7) is 2.09. The molecular formula is C10H13N3. The van der Waals surface area contributed by atoms with Crippen LogP contribution in [-0.2, 0) is 0 Å². The predicted molar refractivity (Wildman–Crippen MR) is 49.2 cm³/mol. The topological polar surface area (TPSA) is 59.6 Å². The maximum atomic E-state index is 8.91. The number of nitriles is 2. The molecule has 0 amide bonds. The second kappa shape index (κ2) is 4.52. The number of allylic oxidation sites excluding steroid dienone is 1. The first-order chi connectivity index (χ1) is 6.33. The Kier molecular flexibility index (Phi) is 3.34. The van der Waals surface area contributed by atoms with E-state index in [1.807, 2.05) is 6.08 Å². The summed E-state index contributed by atoms with van der Waals surface area (Å²) < 4.78 is 0. The number of hydrogen-bond donors (Lipinski definition) is 1. The molecule has 0 aromatic heterocycles. The van der Waals surface area contributed by atoms with E-state index in [2.05, 4.69) is 24.4 Å². The van der Waals surface area contributed by atoms with Gasteiger partial charge in [-0.05, 0) is 18.5 Å². The zero-order chi connectivity index (χ0) is 9.68. The van der Waals surface area contributed by atoms with Gasteiger partial charge in [0.1, 0.15) is 6.04 Å². The van der Waals surface area contributed by atoms with Crippen molar-refractivity contribution in [3.8, 4) is 12.1 Å². The van der Waals surface area contributed by atoms with Crippen LogP contribution in [0.5, 0.6) is 0 Å². The van der Waals surface area contributed by atoms with Crippen molar-refractivity contribution >= 4 is 0 Å². The molecule has 0 spiro atoms. The highest BCUT2D eigenvalue weighted by Gasteiger charge is 2.29. The molecule has 0 radical (unpaired) electrons. The zero-order valence-corrected chi connectivity index (χ0v) is 7.70. The third-order valence-electron chi connectivity index (χ3n) is 2.35. The fourth-order valence-corrected chi connectivity index (χ4v) is 1.65. The average Bonchev–Trinajstić information content (AvgIpc) is 2.18. The number of hydrogen-bond acceptors (Lipinski definition) is 3. The monoisotopic (exact) mass is 175 g/mol. The van der Waals surface area contributed by atoms with Gasteiger partial charge in [-0.25, -0.2) is 0 Å². The molecular weight excluding hydrogens is 162 g/mol. The van der Waals surface area contributed by atoms with Crippen molar-refractivity contribution in [1.82, 2.24) is 5.32 Å². The Morgan fingerprint density at radius 1 is 1.38 bits per heavy atom. The number of nitrogens with zero attached hydrogens (tertiary/aromatic N) is 2. The molecule has 1 heterocycles. The summed E-state index contributed by atoms with van der Waals surface area (Å²) in [5.41, 5.74) is 0. The highest BCUT2D eigenvalue weighted by Crippen LogP contribution is 2.24. The van der Waals surface area contributed by atoms with E-state index in [0.29, 0.717) is 0 Å².